The topological polar surface area (TPSA) is 18.5 Å². The molecule has 1 aliphatic rings. The molecule has 156 valence electrons. The van der Waals surface area contributed by atoms with E-state index in [1.54, 1.807) is 7.11 Å². The molecule has 1 aromatic carbocycles. The smallest absolute Gasteiger partial charge is 0.131 e. The van der Waals surface area contributed by atoms with Gasteiger partial charge in [0, 0.05) is 11.5 Å². The van der Waals surface area contributed by atoms with Gasteiger partial charge in [-0.3, -0.25) is 0 Å². The van der Waals surface area contributed by atoms with E-state index in [0.29, 0.717) is 16.6 Å². The first-order chi connectivity index (χ1) is 12.9. The third kappa shape index (κ3) is 3.96. The van der Waals surface area contributed by atoms with Crippen molar-refractivity contribution in [3.63, 3.8) is 0 Å². The van der Waals surface area contributed by atoms with E-state index in [1.807, 2.05) is 6.07 Å². The van der Waals surface area contributed by atoms with Crippen LogP contribution in [0.15, 0.2) is 41.8 Å². The summed E-state index contributed by atoms with van der Waals surface area (Å²) in [6.45, 7) is 25.7. The number of rotatable bonds is 5. The summed E-state index contributed by atoms with van der Waals surface area (Å²) in [5.74, 6) is 3.02. The third-order valence-electron chi connectivity index (χ3n) is 6.66. The first kappa shape index (κ1) is 22.8. The van der Waals surface area contributed by atoms with Crippen LogP contribution < -0.4 is 9.47 Å². The minimum atomic E-state index is -1.76. The standard InChI is InChI=1S/C25H40O2Si/c1-16(2)28(17(3)4,18(5)6)15-23-19(7)24(25(8,9)10)21-14-20(26-11)12-13-22(21)27-23/h12-18,24H,7H2,1-6,8-11H3/b23-15-. The summed E-state index contributed by atoms with van der Waals surface area (Å²) in [7, 11) is -0.0433. The molecule has 0 spiro atoms. The third-order valence-corrected chi connectivity index (χ3v) is 13.4. The number of hydrogen-bond acceptors (Lipinski definition) is 2. The summed E-state index contributed by atoms with van der Waals surface area (Å²) in [4.78, 5) is 0. The van der Waals surface area contributed by atoms with Crippen LogP contribution in [0.3, 0.4) is 0 Å². The maximum atomic E-state index is 6.52. The summed E-state index contributed by atoms with van der Waals surface area (Å²) in [5.41, 5.74) is 6.78. The molecule has 2 nitrogen and oxygen atoms in total. The minimum Gasteiger partial charge on any atom is -0.497 e. The molecule has 0 N–H and O–H groups in total. The molecule has 0 radical (unpaired) electrons. The summed E-state index contributed by atoms with van der Waals surface area (Å²) >= 11 is 0. The van der Waals surface area contributed by atoms with E-state index in [1.165, 1.54) is 5.56 Å². The van der Waals surface area contributed by atoms with Crippen LogP contribution in [0.4, 0.5) is 0 Å². The fourth-order valence-corrected chi connectivity index (χ4v) is 11.0. The zero-order valence-corrected chi connectivity index (χ0v) is 20.6. The molecule has 1 aliphatic heterocycles. The second-order valence-electron chi connectivity index (χ2n) is 10.3. The lowest BCUT2D eigenvalue weighted by Gasteiger charge is -2.43. The van der Waals surface area contributed by atoms with Gasteiger partial charge < -0.3 is 9.47 Å². The van der Waals surface area contributed by atoms with Crippen LogP contribution in [0.25, 0.3) is 0 Å². The van der Waals surface area contributed by atoms with Crippen molar-refractivity contribution in [2.75, 3.05) is 7.11 Å². The highest BCUT2D eigenvalue weighted by Gasteiger charge is 2.44. The summed E-state index contributed by atoms with van der Waals surface area (Å²) in [6.07, 6.45) is 0. The predicted octanol–water partition coefficient (Wildman–Crippen LogP) is 7.88. The Morgan fingerprint density at radius 2 is 1.57 bits per heavy atom. The Balaban J connectivity index is 2.70. The molecule has 2 rings (SSSR count). The molecule has 0 aromatic heterocycles. The molecule has 0 saturated carbocycles. The summed E-state index contributed by atoms with van der Waals surface area (Å²) in [6, 6.07) is 6.16. The van der Waals surface area contributed by atoms with E-state index in [4.69, 9.17) is 9.47 Å². The van der Waals surface area contributed by atoms with Gasteiger partial charge in [-0.1, -0.05) is 74.6 Å². The Morgan fingerprint density at radius 1 is 1.04 bits per heavy atom. The number of allylic oxidation sites excluding steroid dienone is 1. The predicted molar refractivity (Wildman–Crippen MR) is 124 cm³/mol. The first-order valence-corrected chi connectivity index (χ1v) is 12.9. The quantitative estimate of drug-likeness (QED) is 0.468. The second kappa shape index (κ2) is 8.10. The van der Waals surface area contributed by atoms with E-state index >= 15 is 0 Å². The van der Waals surface area contributed by atoms with Crippen molar-refractivity contribution < 1.29 is 9.47 Å². The largest absolute Gasteiger partial charge is 0.497 e. The molecule has 0 bridgehead atoms. The molecule has 28 heavy (non-hydrogen) atoms. The lowest BCUT2D eigenvalue weighted by Crippen LogP contribution is -2.44. The highest BCUT2D eigenvalue weighted by molar-refractivity contribution is 6.88. The van der Waals surface area contributed by atoms with Crippen molar-refractivity contribution in [1.29, 1.82) is 0 Å². The van der Waals surface area contributed by atoms with E-state index < -0.39 is 8.07 Å². The van der Waals surface area contributed by atoms with Crippen LogP contribution in [0, 0.1) is 5.41 Å². The fourth-order valence-electron chi connectivity index (χ4n) is 5.32. The summed E-state index contributed by atoms with van der Waals surface area (Å²) < 4.78 is 12.0. The number of hydrogen-bond donors (Lipinski definition) is 0. The average molecular weight is 401 g/mol. The van der Waals surface area contributed by atoms with Gasteiger partial charge in [0.05, 0.1) is 15.2 Å². The van der Waals surface area contributed by atoms with Crippen molar-refractivity contribution in [2.45, 2.75) is 84.9 Å². The van der Waals surface area contributed by atoms with Gasteiger partial charge in [-0.2, -0.15) is 0 Å². The van der Waals surface area contributed by atoms with Crippen LogP contribution in [0.5, 0.6) is 11.5 Å². The van der Waals surface area contributed by atoms with Crippen molar-refractivity contribution in [2.24, 2.45) is 5.41 Å². The van der Waals surface area contributed by atoms with Crippen LogP contribution in [-0.4, -0.2) is 15.2 Å². The van der Waals surface area contributed by atoms with Gasteiger partial charge in [0.1, 0.15) is 17.3 Å². The maximum absolute atomic E-state index is 6.52. The second-order valence-corrected chi connectivity index (χ2v) is 16.1. The van der Waals surface area contributed by atoms with Gasteiger partial charge in [0.2, 0.25) is 0 Å². The van der Waals surface area contributed by atoms with Crippen molar-refractivity contribution >= 4 is 8.07 Å². The molecule has 0 amide bonds. The molecule has 0 aliphatic carbocycles. The van der Waals surface area contributed by atoms with Gasteiger partial charge in [0.15, 0.2) is 0 Å². The lowest BCUT2D eigenvalue weighted by molar-refractivity contribution is 0.304. The Kier molecular flexibility index (Phi) is 6.60. The van der Waals surface area contributed by atoms with Gasteiger partial charge in [-0.05, 0) is 45.8 Å². The van der Waals surface area contributed by atoms with Crippen LogP contribution in [0.2, 0.25) is 16.6 Å². The molecule has 1 unspecified atom stereocenters. The van der Waals surface area contributed by atoms with E-state index in [9.17, 15) is 0 Å². The van der Waals surface area contributed by atoms with E-state index in [0.717, 1.165) is 22.8 Å². The molecule has 3 heteroatoms. The van der Waals surface area contributed by atoms with Crippen LogP contribution in [-0.2, 0) is 0 Å². The summed E-state index contributed by atoms with van der Waals surface area (Å²) in [5, 5.41) is 0. The van der Waals surface area contributed by atoms with Crippen molar-refractivity contribution in [3.8, 4) is 11.5 Å². The number of methoxy groups -OCH3 is 1. The van der Waals surface area contributed by atoms with E-state index in [-0.39, 0.29) is 11.3 Å². The minimum absolute atomic E-state index is 0.0405. The zero-order valence-electron chi connectivity index (χ0n) is 19.6. The Hall–Kier alpha value is -1.48. The van der Waals surface area contributed by atoms with Crippen LogP contribution in [0.1, 0.15) is 73.8 Å². The fraction of sp³-hybridized carbons (Fsp3) is 0.600. The molecule has 1 atom stereocenters. The van der Waals surface area contributed by atoms with Gasteiger partial charge in [0.25, 0.3) is 0 Å². The van der Waals surface area contributed by atoms with Gasteiger partial charge in [-0.25, -0.2) is 0 Å². The highest BCUT2D eigenvalue weighted by atomic mass is 28.3. The molecule has 0 fully saturated rings. The molecular weight excluding hydrogens is 360 g/mol. The van der Waals surface area contributed by atoms with Crippen molar-refractivity contribution in [1.82, 2.24) is 0 Å². The average Bonchev–Trinajstić information content (AvgIpc) is 2.57. The number of ether oxygens (including phenoxy) is 2. The van der Waals surface area contributed by atoms with E-state index in [2.05, 4.69) is 86.7 Å². The lowest BCUT2D eigenvalue weighted by atomic mass is 9.71. The number of fused-ring (bicyclic) bond motifs is 1. The van der Waals surface area contributed by atoms with Gasteiger partial charge >= 0.3 is 0 Å². The Morgan fingerprint density at radius 3 is 2.00 bits per heavy atom. The SMILES string of the molecule is C=C1/C(=C/[Si](C(C)C)(C(C)C)C(C)C)Oc2ccc(OC)cc2C1C(C)(C)C. The Labute approximate surface area is 174 Å². The van der Waals surface area contributed by atoms with Gasteiger partial charge in [-0.15, -0.1) is 0 Å². The number of benzene rings is 1. The normalized spacial score (nSPS) is 19.4. The molecule has 1 heterocycles. The highest BCUT2D eigenvalue weighted by Crippen LogP contribution is 2.52. The Bertz CT molecular complexity index is 729. The van der Waals surface area contributed by atoms with Crippen LogP contribution >= 0.6 is 0 Å². The molecule has 1 aromatic rings. The molecule has 0 saturated heterocycles. The maximum Gasteiger partial charge on any atom is 0.131 e. The monoisotopic (exact) mass is 400 g/mol. The first-order valence-electron chi connectivity index (χ1n) is 10.6. The zero-order chi connectivity index (χ0) is 21.4. The van der Waals surface area contributed by atoms with Crippen molar-refractivity contribution in [3.05, 3.63) is 47.4 Å². The molecular formula is C25H40O2Si.